The van der Waals surface area contributed by atoms with E-state index >= 15 is 0 Å². The van der Waals surface area contributed by atoms with E-state index in [2.05, 4.69) is 21.2 Å². The molecule has 0 aliphatic heterocycles. The van der Waals surface area contributed by atoms with E-state index in [-0.39, 0.29) is 11.4 Å². The van der Waals surface area contributed by atoms with Gasteiger partial charge in [-0.15, -0.1) is 11.3 Å². The summed E-state index contributed by atoms with van der Waals surface area (Å²) in [5.74, 6) is 0.238. The van der Waals surface area contributed by atoms with Crippen molar-refractivity contribution in [2.24, 2.45) is 0 Å². The monoisotopic (exact) mass is 376 g/mol. The van der Waals surface area contributed by atoms with Crippen molar-refractivity contribution in [3.05, 3.63) is 48.1 Å². The van der Waals surface area contributed by atoms with Crippen molar-refractivity contribution in [1.29, 1.82) is 0 Å². The van der Waals surface area contributed by atoms with Gasteiger partial charge in [-0.1, -0.05) is 11.6 Å². The topological polar surface area (TPSA) is 64.4 Å². The second kappa shape index (κ2) is 6.43. The van der Waals surface area contributed by atoms with Gasteiger partial charge < -0.3 is 10.1 Å². The summed E-state index contributed by atoms with van der Waals surface area (Å²) >= 11 is 10.7. The zero-order valence-electron chi connectivity index (χ0n) is 10.4. The quantitative estimate of drug-likeness (QED) is 0.606. The van der Waals surface area contributed by atoms with E-state index in [1.54, 1.807) is 12.1 Å². The third-order valence-corrected chi connectivity index (χ3v) is 5.01. The fourth-order valence-corrected chi connectivity index (χ4v) is 3.34. The van der Waals surface area contributed by atoms with Gasteiger partial charge in [-0.25, -0.2) is 0 Å². The molecule has 1 heterocycles. The first-order valence-corrected chi connectivity index (χ1v) is 7.50. The zero-order valence-corrected chi connectivity index (χ0v) is 13.5. The van der Waals surface area contributed by atoms with Gasteiger partial charge in [0.25, 0.3) is 0 Å². The number of benzene rings is 1. The third kappa shape index (κ3) is 3.41. The Morgan fingerprint density at radius 2 is 2.25 bits per heavy atom. The molecule has 0 aliphatic rings. The van der Waals surface area contributed by atoms with E-state index in [0.717, 1.165) is 9.35 Å². The number of hydrogen-bond donors (Lipinski definition) is 1. The highest BCUT2D eigenvalue weighted by atomic mass is 79.9. The van der Waals surface area contributed by atoms with Crippen LogP contribution in [-0.4, -0.2) is 12.0 Å². The predicted molar refractivity (Wildman–Crippen MR) is 84.0 cm³/mol. The maximum absolute atomic E-state index is 10.9. The third-order valence-electron chi connectivity index (χ3n) is 2.54. The number of hydrogen-bond acceptors (Lipinski definition) is 5. The molecule has 1 N–H and O–H groups in total. The van der Waals surface area contributed by atoms with Gasteiger partial charge in [-0.05, 0) is 34.1 Å². The van der Waals surface area contributed by atoms with Gasteiger partial charge in [0.15, 0.2) is 5.75 Å². The molecule has 0 radical (unpaired) electrons. The normalized spacial score (nSPS) is 10.3. The zero-order chi connectivity index (χ0) is 14.7. The molecular formula is C12H10BrClN2O3S. The second-order valence-corrected chi connectivity index (χ2v) is 6.42. The minimum atomic E-state index is -0.470. The van der Waals surface area contributed by atoms with Gasteiger partial charge >= 0.3 is 5.69 Å². The van der Waals surface area contributed by atoms with Crippen LogP contribution >= 0.6 is 38.9 Å². The maximum Gasteiger partial charge on any atom is 0.312 e. The number of nitro benzene ring substituents is 1. The highest BCUT2D eigenvalue weighted by molar-refractivity contribution is 9.10. The molecule has 20 heavy (non-hydrogen) atoms. The molecule has 106 valence electrons. The number of nitrogens with one attached hydrogen (secondary N) is 1. The van der Waals surface area contributed by atoms with Gasteiger partial charge in [0.2, 0.25) is 0 Å². The fourth-order valence-electron chi connectivity index (χ4n) is 1.61. The van der Waals surface area contributed by atoms with Crippen LogP contribution < -0.4 is 10.1 Å². The maximum atomic E-state index is 10.9. The Morgan fingerprint density at radius 3 is 2.80 bits per heavy atom. The highest BCUT2D eigenvalue weighted by Crippen LogP contribution is 2.33. The molecule has 0 aliphatic carbocycles. The largest absolute Gasteiger partial charge is 0.490 e. The number of halogens is 2. The highest BCUT2D eigenvalue weighted by Gasteiger charge is 2.15. The van der Waals surface area contributed by atoms with Gasteiger partial charge in [0, 0.05) is 27.6 Å². The average molecular weight is 378 g/mol. The van der Waals surface area contributed by atoms with Gasteiger partial charge in [-0.2, -0.15) is 0 Å². The molecule has 0 unspecified atom stereocenters. The molecule has 1 aromatic heterocycles. The first-order chi connectivity index (χ1) is 9.51. The van der Waals surface area contributed by atoms with Crippen LogP contribution in [0, 0.1) is 10.1 Å². The molecule has 0 saturated carbocycles. The second-order valence-electron chi connectivity index (χ2n) is 3.83. The molecular weight excluding hydrogens is 368 g/mol. The van der Waals surface area contributed by atoms with Crippen molar-refractivity contribution in [3.63, 3.8) is 0 Å². The summed E-state index contributed by atoms with van der Waals surface area (Å²) in [6.45, 7) is 0.541. The van der Waals surface area contributed by atoms with Crippen molar-refractivity contribution in [1.82, 2.24) is 0 Å². The molecule has 0 fully saturated rings. The van der Waals surface area contributed by atoms with Crippen molar-refractivity contribution in [3.8, 4) is 5.75 Å². The molecule has 8 heteroatoms. The first-order valence-electron chi connectivity index (χ1n) is 5.51. The van der Waals surface area contributed by atoms with E-state index < -0.39 is 4.92 Å². The number of rotatable bonds is 5. The number of nitro groups is 1. The summed E-state index contributed by atoms with van der Waals surface area (Å²) in [6.07, 6.45) is 0. The summed E-state index contributed by atoms with van der Waals surface area (Å²) in [6, 6.07) is 6.66. The van der Waals surface area contributed by atoms with Crippen molar-refractivity contribution >= 4 is 50.2 Å². The van der Waals surface area contributed by atoms with Gasteiger partial charge in [0.05, 0.1) is 12.0 Å². The predicted octanol–water partition coefficient (Wildman–Crippen LogP) is 4.69. The Labute approximate surface area is 132 Å². The smallest absolute Gasteiger partial charge is 0.312 e. The fraction of sp³-hybridized carbons (Fsp3) is 0.167. The SMILES string of the molecule is COc1ccc(NCc2cc(Br)c(Cl)s2)cc1[N+](=O)[O-]. The Kier molecular flexibility index (Phi) is 4.85. The number of methoxy groups -OCH3 is 1. The lowest BCUT2D eigenvalue weighted by Crippen LogP contribution is -1.99. The lowest BCUT2D eigenvalue weighted by atomic mass is 10.2. The first kappa shape index (κ1) is 15.1. The molecule has 0 amide bonds. The molecule has 5 nitrogen and oxygen atoms in total. The Balaban J connectivity index is 2.13. The summed E-state index contributed by atoms with van der Waals surface area (Å²) in [4.78, 5) is 11.5. The Bertz CT molecular complexity index is 628. The number of nitrogens with zero attached hydrogens (tertiary/aromatic N) is 1. The lowest BCUT2D eigenvalue weighted by molar-refractivity contribution is -0.385. The molecule has 0 atom stereocenters. The number of thiophene rings is 1. The summed E-state index contributed by atoms with van der Waals surface area (Å²) in [5.41, 5.74) is 0.584. The van der Waals surface area contributed by atoms with E-state index in [1.165, 1.54) is 24.5 Å². The van der Waals surface area contributed by atoms with Crippen LogP contribution in [0.25, 0.3) is 0 Å². The van der Waals surface area contributed by atoms with E-state index in [1.807, 2.05) is 6.07 Å². The van der Waals surface area contributed by atoms with Crippen molar-refractivity contribution in [2.75, 3.05) is 12.4 Å². The molecule has 2 aromatic rings. The molecule has 0 spiro atoms. The lowest BCUT2D eigenvalue weighted by Gasteiger charge is -2.07. The van der Waals surface area contributed by atoms with Crippen LogP contribution in [0.2, 0.25) is 4.34 Å². The van der Waals surface area contributed by atoms with E-state index in [0.29, 0.717) is 16.6 Å². The van der Waals surface area contributed by atoms with Crippen LogP contribution in [-0.2, 0) is 6.54 Å². The molecule has 2 rings (SSSR count). The van der Waals surface area contributed by atoms with Crippen molar-refractivity contribution < 1.29 is 9.66 Å². The van der Waals surface area contributed by atoms with Crippen LogP contribution in [0.1, 0.15) is 4.88 Å². The Morgan fingerprint density at radius 1 is 1.50 bits per heavy atom. The van der Waals surface area contributed by atoms with E-state index in [9.17, 15) is 10.1 Å². The van der Waals surface area contributed by atoms with Crippen LogP contribution in [0.3, 0.4) is 0 Å². The molecule has 1 aromatic carbocycles. The van der Waals surface area contributed by atoms with Gasteiger partial charge in [0.1, 0.15) is 4.34 Å². The molecule has 0 bridgehead atoms. The minimum absolute atomic E-state index is 0.0668. The van der Waals surface area contributed by atoms with Crippen molar-refractivity contribution in [2.45, 2.75) is 6.54 Å². The number of anilines is 1. The Hall–Kier alpha value is -1.31. The number of ether oxygens (including phenoxy) is 1. The van der Waals surface area contributed by atoms with Gasteiger partial charge in [-0.3, -0.25) is 10.1 Å². The average Bonchev–Trinajstić information content (AvgIpc) is 2.75. The minimum Gasteiger partial charge on any atom is -0.490 e. The van der Waals surface area contributed by atoms with Crippen LogP contribution in [0.15, 0.2) is 28.7 Å². The standard InChI is InChI=1S/C12H10BrClN2O3S/c1-19-11-3-2-7(4-10(11)16(17)18)15-6-8-5-9(13)12(14)20-8/h2-5,15H,6H2,1H3. The van der Waals surface area contributed by atoms with Crippen LogP contribution in [0.5, 0.6) is 5.75 Å². The summed E-state index contributed by atoms with van der Waals surface area (Å²) in [5, 5.41) is 14.1. The van der Waals surface area contributed by atoms with E-state index in [4.69, 9.17) is 16.3 Å². The summed E-state index contributed by atoms with van der Waals surface area (Å²) in [7, 11) is 1.40. The summed E-state index contributed by atoms with van der Waals surface area (Å²) < 4.78 is 6.48. The molecule has 0 saturated heterocycles. The van der Waals surface area contributed by atoms with Crippen LogP contribution in [0.4, 0.5) is 11.4 Å².